The minimum atomic E-state index is -5.29. The van der Waals surface area contributed by atoms with Gasteiger partial charge in [-0.1, -0.05) is 12.1 Å². The fourth-order valence-electron chi connectivity index (χ4n) is 1.83. The molecule has 1 atom stereocenters. The van der Waals surface area contributed by atoms with Crippen LogP contribution in [0.4, 0.5) is 24.5 Å². The van der Waals surface area contributed by atoms with Crippen LogP contribution in [-0.4, -0.2) is 35.1 Å². The number of carbonyl (C=O) groups excluding carboxylic acids is 2. The predicted octanol–water partition coefficient (Wildman–Crippen LogP) is 0.987. The van der Waals surface area contributed by atoms with Crippen molar-refractivity contribution < 1.29 is 32.7 Å². The lowest BCUT2D eigenvalue weighted by atomic mass is 10.1. The first-order valence-electron chi connectivity index (χ1n) is 5.26. The lowest BCUT2D eigenvalue weighted by Gasteiger charge is -2.34. The Balaban J connectivity index is 2.60. The van der Waals surface area contributed by atoms with Gasteiger partial charge in [0.2, 0.25) is 6.04 Å². The van der Waals surface area contributed by atoms with Gasteiger partial charge in [-0.25, -0.2) is 4.79 Å². The van der Waals surface area contributed by atoms with Crippen molar-refractivity contribution >= 4 is 29.2 Å². The molecule has 1 aromatic carbocycles. The van der Waals surface area contributed by atoms with Crippen molar-refractivity contribution in [3.8, 4) is 0 Å². The summed E-state index contributed by atoms with van der Waals surface area (Å²) in [6.45, 7) is 0. The zero-order valence-corrected chi connectivity index (χ0v) is 9.64. The van der Waals surface area contributed by atoms with E-state index in [0.717, 1.165) is 6.07 Å². The lowest BCUT2D eigenvalue weighted by molar-refractivity contribution is -0.172. The van der Waals surface area contributed by atoms with Crippen LogP contribution >= 0.6 is 0 Å². The second-order valence-corrected chi connectivity index (χ2v) is 3.92. The summed E-state index contributed by atoms with van der Waals surface area (Å²) in [4.78, 5) is 33.9. The van der Waals surface area contributed by atoms with Crippen molar-refractivity contribution in [2.24, 2.45) is 0 Å². The number of anilines is 2. The summed E-state index contributed by atoms with van der Waals surface area (Å²) in [6, 6.07) is 2.87. The van der Waals surface area contributed by atoms with Gasteiger partial charge in [0.15, 0.2) is 0 Å². The average Bonchev–Trinajstić information content (AvgIpc) is 2.34. The Hall–Kier alpha value is -2.58. The molecule has 20 heavy (non-hydrogen) atoms. The molecule has 1 heterocycles. The second kappa shape index (κ2) is 4.51. The van der Waals surface area contributed by atoms with Crippen LogP contribution in [0.3, 0.4) is 0 Å². The highest BCUT2D eigenvalue weighted by Gasteiger charge is 2.51. The number of halogens is 3. The van der Waals surface area contributed by atoms with Crippen LogP contribution in [0.1, 0.15) is 0 Å². The molecule has 9 heteroatoms. The standard InChI is InChI=1S/C11H7F3N2O4/c12-11(13,14)10(20)16-6-4-2-1-3-5(6)15-8(17)7(16)9(18)19/h1-4,7H,(H,15,17)(H,18,19). The molecular weight excluding hydrogens is 281 g/mol. The van der Waals surface area contributed by atoms with Gasteiger partial charge in [-0.3, -0.25) is 14.5 Å². The van der Waals surface area contributed by atoms with Crippen LogP contribution in [0.25, 0.3) is 0 Å². The first-order chi connectivity index (χ1) is 9.23. The zero-order valence-electron chi connectivity index (χ0n) is 9.64. The maximum atomic E-state index is 12.6. The van der Waals surface area contributed by atoms with E-state index >= 15 is 0 Å². The fraction of sp³-hybridized carbons (Fsp3) is 0.182. The van der Waals surface area contributed by atoms with E-state index in [9.17, 15) is 27.6 Å². The highest BCUT2D eigenvalue weighted by atomic mass is 19.4. The summed E-state index contributed by atoms with van der Waals surface area (Å²) in [5.74, 6) is -5.48. The van der Waals surface area contributed by atoms with Crippen molar-refractivity contribution in [3.05, 3.63) is 24.3 Å². The van der Waals surface area contributed by atoms with Crippen LogP contribution < -0.4 is 10.2 Å². The van der Waals surface area contributed by atoms with Gasteiger partial charge < -0.3 is 10.4 Å². The summed E-state index contributed by atoms with van der Waals surface area (Å²) >= 11 is 0. The van der Waals surface area contributed by atoms with E-state index in [1.807, 2.05) is 0 Å². The Morgan fingerprint density at radius 2 is 1.85 bits per heavy atom. The number of carboxylic acids is 1. The molecule has 1 aromatic rings. The Labute approximate surface area is 109 Å². The number of aliphatic carboxylic acids is 1. The molecule has 1 aliphatic rings. The van der Waals surface area contributed by atoms with E-state index < -0.39 is 30.0 Å². The number of nitrogens with one attached hydrogen (secondary N) is 1. The summed E-state index contributed by atoms with van der Waals surface area (Å²) in [5.41, 5.74) is -0.380. The van der Waals surface area contributed by atoms with Crippen molar-refractivity contribution in [2.45, 2.75) is 12.2 Å². The monoisotopic (exact) mass is 288 g/mol. The molecule has 1 unspecified atom stereocenters. The SMILES string of the molecule is O=C(O)C1C(=O)Nc2ccccc2N1C(=O)C(F)(F)F. The molecule has 0 aliphatic carbocycles. The number of benzene rings is 1. The van der Waals surface area contributed by atoms with E-state index in [0.29, 0.717) is 0 Å². The summed E-state index contributed by atoms with van der Waals surface area (Å²) in [6.07, 6.45) is -5.29. The number of fused-ring (bicyclic) bond motifs is 1. The van der Waals surface area contributed by atoms with Crippen molar-refractivity contribution in [3.63, 3.8) is 0 Å². The highest BCUT2D eigenvalue weighted by molar-refractivity contribution is 6.21. The topological polar surface area (TPSA) is 86.7 Å². The molecule has 0 spiro atoms. The number of carbonyl (C=O) groups is 3. The highest BCUT2D eigenvalue weighted by Crippen LogP contribution is 2.34. The van der Waals surface area contributed by atoms with Gasteiger partial charge in [-0.05, 0) is 12.1 Å². The summed E-state index contributed by atoms with van der Waals surface area (Å²) in [7, 11) is 0. The minimum absolute atomic E-state index is 0.0590. The maximum Gasteiger partial charge on any atom is 0.471 e. The van der Waals surface area contributed by atoms with Crippen LogP contribution in [0.2, 0.25) is 0 Å². The third-order valence-electron chi connectivity index (χ3n) is 2.62. The van der Waals surface area contributed by atoms with Gasteiger partial charge >= 0.3 is 18.1 Å². The molecule has 0 fully saturated rings. The van der Waals surface area contributed by atoms with E-state index in [4.69, 9.17) is 5.11 Å². The van der Waals surface area contributed by atoms with Gasteiger partial charge in [-0.15, -0.1) is 0 Å². The number of hydrogen-bond acceptors (Lipinski definition) is 3. The molecular formula is C11H7F3N2O4. The number of carboxylic acid groups (broad SMARTS) is 1. The Bertz CT molecular complexity index is 600. The number of nitrogens with zero attached hydrogens (tertiary/aromatic N) is 1. The van der Waals surface area contributed by atoms with E-state index in [-0.39, 0.29) is 16.3 Å². The predicted molar refractivity (Wildman–Crippen MR) is 60.0 cm³/mol. The molecule has 6 nitrogen and oxygen atoms in total. The largest absolute Gasteiger partial charge is 0.479 e. The first-order valence-corrected chi connectivity index (χ1v) is 5.26. The molecule has 2 amide bonds. The fourth-order valence-corrected chi connectivity index (χ4v) is 1.83. The van der Waals surface area contributed by atoms with E-state index in [1.165, 1.54) is 18.2 Å². The number of hydrogen-bond donors (Lipinski definition) is 2. The Kier molecular flexibility index (Phi) is 3.12. The smallest absolute Gasteiger partial charge is 0.471 e. The number of para-hydroxylation sites is 2. The number of alkyl halides is 3. The van der Waals surface area contributed by atoms with Gasteiger partial charge in [0.25, 0.3) is 5.91 Å². The molecule has 0 aromatic heterocycles. The lowest BCUT2D eigenvalue weighted by Crippen LogP contribution is -2.58. The van der Waals surface area contributed by atoms with Crippen LogP contribution in [-0.2, 0) is 14.4 Å². The normalized spacial score (nSPS) is 18.2. The molecule has 0 saturated carbocycles. The van der Waals surface area contributed by atoms with Crippen molar-refractivity contribution in [2.75, 3.05) is 10.2 Å². The number of rotatable bonds is 1. The van der Waals surface area contributed by atoms with Crippen LogP contribution in [0.15, 0.2) is 24.3 Å². The third kappa shape index (κ3) is 2.17. The van der Waals surface area contributed by atoms with Crippen LogP contribution in [0, 0.1) is 0 Å². The zero-order chi connectivity index (χ0) is 15.1. The van der Waals surface area contributed by atoms with E-state index in [2.05, 4.69) is 5.32 Å². The molecule has 2 N–H and O–H groups in total. The van der Waals surface area contributed by atoms with E-state index in [1.54, 1.807) is 0 Å². The van der Waals surface area contributed by atoms with Gasteiger partial charge in [0.05, 0.1) is 11.4 Å². The van der Waals surface area contributed by atoms with Crippen molar-refractivity contribution in [1.82, 2.24) is 0 Å². The van der Waals surface area contributed by atoms with Gasteiger partial charge in [-0.2, -0.15) is 13.2 Å². The Morgan fingerprint density at radius 1 is 1.25 bits per heavy atom. The maximum absolute atomic E-state index is 12.6. The second-order valence-electron chi connectivity index (χ2n) is 3.92. The molecule has 2 rings (SSSR count). The molecule has 1 aliphatic heterocycles. The van der Waals surface area contributed by atoms with Crippen LogP contribution in [0.5, 0.6) is 0 Å². The minimum Gasteiger partial charge on any atom is -0.479 e. The van der Waals surface area contributed by atoms with Gasteiger partial charge in [0.1, 0.15) is 0 Å². The quantitative estimate of drug-likeness (QED) is 0.754. The number of amides is 2. The summed E-state index contributed by atoms with van der Waals surface area (Å²) in [5, 5.41) is 11.0. The molecule has 106 valence electrons. The Morgan fingerprint density at radius 3 is 2.40 bits per heavy atom. The molecule has 0 saturated heterocycles. The molecule has 0 bridgehead atoms. The van der Waals surface area contributed by atoms with Gasteiger partial charge in [0, 0.05) is 0 Å². The average molecular weight is 288 g/mol. The third-order valence-corrected chi connectivity index (χ3v) is 2.62. The first kappa shape index (κ1) is 13.8. The molecule has 0 radical (unpaired) electrons. The summed E-state index contributed by atoms with van der Waals surface area (Å²) < 4.78 is 37.7. The van der Waals surface area contributed by atoms with Crippen molar-refractivity contribution in [1.29, 1.82) is 0 Å².